The second-order valence-corrected chi connectivity index (χ2v) is 5.62. The van der Waals surface area contributed by atoms with Gasteiger partial charge in [-0.3, -0.25) is 14.4 Å². The lowest BCUT2D eigenvalue weighted by molar-refractivity contribution is -0.141. The van der Waals surface area contributed by atoms with Crippen molar-refractivity contribution in [2.75, 3.05) is 6.54 Å². The van der Waals surface area contributed by atoms with E-state index in [1.54, 1.807) is 19.9 Å². The number of hydrogen-bond donors (Lipinski definition) is 1. The maximum absolute atomic E-state index is 12.4. The fourth-order valence-corrected chi connectivity index (χ4v) is 2.53. The lowest BCUT2D eigenvalue weighted by Gasteiger charge is -2.25. The molecule has 1 rings (SSSR count). The first-order valence-corrected chi connectivity index (χ1v) is 7.45. The summed E-state index contributed by atoms with van der Waals surface area (Å²) in [5.41, 5.74) is 0. The Morgan fingerprint density at radius 2 is 2.05 bits per heavy atom. The minimum atomic E-state index is -1.34. The molecule has 0 aromatic heterocycles. The van der Waals surface area contributed by atoms with E-state index < -0.39 is 23.7 Å². The average Bonchev–Trinajstić information content (AvgIpc) is 2.87. The number of rotatable bonds is 6. The molecule has 0 aromatic carbocycles. The van der Waals surface area contributed by atoms with Gasteiger partial charge in [0, 0.05) is 19.0 Å². The molecule has 2 amide bonds. The van der Waals surface area contributed by atoms with Gasteiger partial charge in [-0.15, -0.1) is 0 Å². The molecule has 1 aliphatic rings. The molecule has 0 unspecified atom stereocenters. The number of nitriles is 1. The van der Waals surface area contributed by atoms with Gasteiger partial charge in [0.1, 0.15) is 0 Å². The molecule has 6 heteroatoms. The van der Waals surface area contributed by atoms with Crippen molar-refractivity contribution in [1.82, 2.24) is 10.2 Å². The topological polar surface area (TPSA) is 90.3 Å². The summed E-state index contributed by atoms with van der Waals surface area (Å²) in [6.45, 7) is 5.96. The van der Waals surface area contributed by atoms with Crippen LogP contribution in [0.2, 0.25) is 0 Å². The van der Waals surface area contributed by atoms with Gasteiger partial charge >= 0.3 is 0 Å². The molecule has 0 spiro atoms. The van der Waals surface area contributed by atoms with Gasteiger partial charge < -0.3 is 10.2 Å². The summed E-state index contributed by atoms with van der Waals surface area (Å²) < 4.78 is 0. The Morgan fingerprint density at radius 1 is 1.38 bits per heavy atom. The first kappa shape index (κ1) is 17.2. The van der Waals surface area contributed by atoms with Crippen LogP contribution < -0.4 is 5.32 Å². The van der Waals surface area contributed by atoms with Gasteiger partial charge in [0.2, 0.25) is 11.8 Å². The number of carbonyl (C=O) groups excluding carboxylic acids is 3. The molecule has 1 heterocycles. The molecule has 0 aromatic rings. The van der Waals surface area contributed by atoms with E-state index in [-0.39, 0.29) is 11.9 Å². The molecule has 21 heavy (non-hydrogen) atoms. The van der Waals surface area contributed by atoms with Crippen molar-refractivity contribution < 1.29 is 14.4 Å². The highest BCUT2D eigenvalue weighted by Gasteiger charge is 2.39. The summed E-state index contributed by atoms with van der Waals surface area (Å²) in [6, 6.07) is 1.01. The summed E-state index contributed by atoms with van der Waals surface area (Å²) in [5.74, 6) is -2.45. The quantitative estimate of drug-likeness (QED) is 0.740. The Balaban J connectivity index is 2.82. The fraction of sp³-hybridized carbons (Fsp3) is 0.733. The van der Waals surface area contributed by atoms with Gasteiger partial charge in [0.25, 0.3) is 0 Å². The molecule has 1 aliphatic heterocycles. The van der Waals surface area contributed by atoms with E-state index in [4.69, 9.17) is 5.26 Å². The first-order valence-electron chi connectivity index (χ1n) is 7.45. The number of carbonyl (C=O) groups is 3. The van der Waals surface area contributed by atoms with Gasteiger partial charge in [-0.25, -0.2) is 0 Å². The first-order chi connectivity index (χ1) is 9.92. The van der Waals surface area contributed by atoms with Crippen LogP contribution >= 0.6 is 0 Å². The van der Waals surface area contributed by atoms with Crippen molar-refractivity contribution in [1.29, 1.82) is 5.26 Å². The van der Waals surface area contributed by atoms with Crippen molar-refractivity contribution >= 4 is 17.6 Å². The number of nitrogens with one attached hydrogen (secondary N) is 1. The Morgan fingerprint density at radius 3 is 2.57 bits per heavy atom. The average molecular weight is 293 g/mol. The van der Waals surface area contributed by atoms with E-state index in [0.717, 1.165) is 6.42 Å². The van der Waals surface area contributed by atoms with Crippen LogP contribution in [-0.2, 0) is 14.4 Å². The third-order valence-electron chi connectivity index (χ3n) is 3.47. The Bertz CT molecular complexity index is 454. The zero-order chi connectivity index (χ0) is 16.0. The van der Waals surface area contributed by atoms with Gasteiger partial charge in [0.05, 0.1) is 12.1 Å². The molecule has 116 valence electrons. The van der Waals surface area contributed by atoms with Crippen molar-refractivity contribution in [3.8, 4) is 6.07 Å². The van der Waals surface area contributed by atoms with Crippen LogP contribution in [0.5, 0.6) is 0 Å². The summed E-state index contributed by atoms with van der Waals surface area (Å²) in [5, 5.41) is 11.7. The molecule has 1 N–H and O–H groups in total. The van der Waals surface area contributed by atoms with E-state index in [0.29, 0.717) is 25.8 Å². The largest absolute Gasteiger partial charge is 0.352 e. The van der Waals surface area contributed by atoms with Gasteiger partial charge in [0.15, 0.2) is 11.7 Å². The molecular weight excluding hydrogens is 270 g/mol. The monoisotopic (exact) mass is 293 g/mol. The third kappa shape index (κ3) is 4.28. The summed E-state index contributed by atoms with van der Waals surface area (Å²) in [4.78, 5) is 37.9. The predicted octanol–water partition coefficient (Wildman–Crippen LogP) is 1.01. The highest BCUT2D eigenvalue weighted by Crippen LogP contribution is 2.22. The Hall–Kier alpha value is -1.90. The summed E-state index contributed by atoms with van der Waals surface area (Å²) in [7, 11) is 0. The maximum Gasteiger partial charge on any atom is 0.245 e. The molecule has 6 nitrogen and oxygen atoms in total. The lowest BCUT2D eigenvalue weighted by atomic mass is 9.96. The Labute approximate surface area is 125 Å². The van der Waals surface area contributed by atoms with Crippen molar-refractivity contribution in [3.05, 3.63) is 0 Å². The third-order valence-corrected chi connectivity index (χ3v) is 3.47. The van der Waals surface area contributed by atoms with Crippen LogP contribution in [0.4, 0.5) is 0 Å². The van der Waals surface area contributed by atoms with E-state index >= 15 is 0 Å². The fourth-order valence-electron chi connectivity index (χ4n) is 2.53. The molecule has 0 saturated carbocycles. The number of ketones is 1. The molecule has 0 aliphatic carbocycles. The van der Waals surface area contributed by atoms with Crippen molar-refractivity contribution in [3.63, 3.8) is 0 Å². The van der Waals surface area contributed by atoms with Crippen LogP contribution in [0.25, 0.3) is 0 Å². The maximum atomic E-state index is 12.4. The Kier molecular flexibility index (Phi) is 6.35. The van der Waals surface area contributed by atoms with E-state index in [9.17, 15) is 14.4 Å². The number of hydrogen-bond acceptors (Lipinski definition) is 4. The zero-order valence-corrected chi connectivity index (χ0v) is 12.9. The van der Waals surface area contributed by atoms with E-state index in [2.05, 4.69) is 5.32 Å². The summed E-state index contributed by atoms with van der Waals surface area (Å²) in [6.07, 6.45) is 2.36. The van der Waals surface area contributed by atoms with E-state index in [1.807, 2.05) is 6.92 Å². The minimum absolute atomic E-state index is 0.0747. The summed E-state index contributed by atoms with van der Waals surface area (Å²) >= 11 is 0. The van der Waals surface area contributed by atoms with Crippen LogP contribution in [0.15, 0.2) is 0 Å². The molecule has 0 bridgehead atoms. The van der Waals surface area contributed by atoms with Gasteiger partial charge in [-0.2, -0.15) is 5.26 Å². The smallest absolute Gasteiger partial charge is 0.245 e. The van der Waals surface area contributed by atoms with Crippen molar-refractivity contribution in [2.24, 2.45) is 5.92 Å². The number of likely N-dealkylation sites (tertiary alicyclic amines) is 1. The molecule has 2 atom stereocenters. The van der Waals surface area contributed by atoms with E-state index in [1.165, 1.54) is 4.90 Å². The van der Waals surface area contributed by atoms with Crippen molar-refractivity contribution in [2.45, 2.75) is 58.5 Å². The number of amides is 2. The van der Waals surface area contributed by atoms with Crippen LogP contribution in [0.3, 0.4) is 0 Å². The molecule has 1 saturated heterocycles. The predicted molar refractivity (Wildman–Crippen MR) is 77.0 cm³/mol. The molecular formula is C15H23N3O3. The highest BCUT2D eigenvalue weighted by atomic mass is 16.2. The van der Waals surface area contributed by atoms with Gasteiger partial charge in [-0.05, 0) is 33.1 Å². The minimum Gasteiger partial charge on any atom is -0.352 e. The van der Waals surface area contributed by atoms with Crippen LogP contribution in [0.1, 0.15) is 46.5 Å². The second kappa shape index (κ2) is 7.77. The zero-order valence-electron chi connectivity index (χ0n) is 12.9. The van der Waals surface area contributed by atoms with Gasteiger partial charge in [-0.1, -0.05) is 6.92 Å². The lowest BCUT2D eigenvalue weighted by Crippen LogP contribution is -2.47. The number of nitrogens with zero attached hydrogens (tertiary/aromatic N) is 2. The molecule has 1 fully saturated rings. The highest BCUT2D eigenvalue weighted by molar-refractivity contribution is 6.07. The molecule has 0 radical (unpaired) electrons. The SMILES string of the molecule is CCCC(=O)N1CCC[C@@H]1C(=O)[C@H](C#N)C(=O)NC(C)C. The van der Waals surface area contributed by atoms with Crippen LogP contribution in [0, 0.1) is 17.2 Å². The second-order valence-electron chi connectivity index (χ2n) is 5.62. The number of Topliss-reactive ketones (excluding diaryl/α,β-unsaturated/α-hetero) is 1. The van der Waals surface area contributed by atoms with Crippen LogP contribution in [-0.4, -0.2) is 41.1 Å². The normalized spacial score (nSPS) is 19.2. The standard InChI is InChI=1S/C15H23N3O3/c1-4-6-13(19)18-8-5-7-12(18)14(20)11(9-16)15(21)17-10(2)3/h10-12H,4-8H2,1-3H3,(H,17,21)/t11-,12+/m0/s1.